The van der Waals surface area contributed by atoms with Crippen molar-refractivity contribution in [2.45, 2.75) is 0 Å². The zero-order chi connectivity index (χ0) is 12.8. The van der Waals surface area contributed by atoms with Crippen LogP contribution >= 0.6 is 11.6 Å². The first kappa shape index (κ1) is 13.5. The Kier molecular flexibility index (Phi) is 5.11. The highest BCUT2D eigenvalue weighted by molar-refractivity contribution is 6.30. The van der Waals surface area contributed by atoms with Gasteiger partial charge in [0.1, 0.15) is 5.75 Å². The molecule has 0 aliphatic carbocycles. The molecule has 1 fully saturated rings. The Hall–Kier alpha value is -0.970. The Morgan fingerprint density at radius 1 is 1.39 bits per heavy atom. The fourth-order valence-electron chi connectivity index (χ4n) is 2.10. The maximum atomic E-state index is 5.99. The van der Waals surface area contributed by atoms with Gasteiger partial charge in [-0.25, -0.2) is 0 Å². The van der Waals surface area contributed by atoms with Crippen molar-refractivity contribution in [1.29, 1.82) is 0 Å². The van der Waals surface area contributed by atoms with Gasteiger partial charge in [0.2, 0.25) is 0 Å². The van der Waals surface area contributed by atoms with Crippen molar-refractivity contribution in [1.82, 2.24) is 10.2 Å². The van der Waals surface area contributed by atoms with E-state index in [1.807, 2.05) is 18.2 Å². The van der Waals surface area contributed by atoms with Crippen molar-refractivity contribution in [2.24, 2.45) is 0 Å². The van der Waals surface area contributed by atoms with Crippen LogP contribution in [0.25, 0.3) is 0 Å². The molecular weight excluding hydrogens is 250 g/mol. The van der Waals surface area contributed by atoms with Crippen molar-refractivity contribution in [3.8, 4) is 5.75 Å². The second-order valence-corrected chi connectivity index (χ2v) is 4.80. The molecule has 18 heavy (non-hydrogen) atoms. The van der Waals surface area contributed by atoms with Crippen molar-refractivity contribution >= 4 is 17.3 Å². The van der Waals surface area contributed by atoms with E-state index < -0.39 is 0 Å². The molecule has 0 radical (unpaired) electrons. The first-order valence-corrected chi connectivity index (χ1v) is 6.68. The van der Waals surface area contributed by atoms with E-state index in [1.165, 1.54) is 0 Å². The van der Waals surface area contributed by atoms with Crippen LogP contribution in [0.4, 0.5) is 5.69 Å². The summed E-state index contributed by atoms with van der Waals surface area (Å²) in [5.41, 5.74) is 0.958. The van der Waals surface area contributed by atoms with Gasteiger partial charge in [-0.3, -0.25) is 4.90 Å². The third kappa shape index (κ3) is 3.77. The zero-order valence-corrected chi connectivity index (χ0v) is 11.5. The smallest absolute Gasteiger partial charge is 0.142 e. The number of ether oxygens (including phenoxy) is 1. The average Bonchev–Trinajstić information content (AvgIpc) is 2.40. The quantitative estimate of drug-likeness (QED) is 0.853. The van der Waals surface area contributed by atoms with Crippen molar-refractivity contribution < 1.29 is 4.74 Å². The molecule has 1 heterocycles. The standard InChI is InChI=1S/C13H20ClN3O/c1-18-13-3-2-11(14)10-12(13)16-6-9-17-7-4-15-5-8-17/h2-3,10,15-16H,4-9H2,1H3. The Balaban J connectivity index is 1.83. The molecule has 0 bridgehead atoms. The fourth-order valence-corrected chi connectivity index (χ4v) is 2.27. The predicted octanol–water partition coefficient (Wildman–Crippen LogP) is 1.67. The van der Waals surface area contributed by atoms with Gasteiger partial charge in [0.25, 0.3) is 0 Å². The van der Waals surface area contributed by atoms with Crippen LogP contribution in [0.2, 0.25) is 5.02 Å². The molecule has 1 aromatic carbocycles. The number of anilines is 1. The number of piperazine rings is 1. The van der Waals surface area contributed by atoms with E-state index in [9.17, 15) is 0 Å². The minimum atomic E-state index is 0.723. The maximum absolute atomic E-state index is 5.99. The summed E-state index contributed by atoms with van der Waals surface area (Å²) in [6, 6.07) is 5.62. The number of rotatable bonds is 5. The summed E-state index contributed by atoms with van der Waals surface area (Å²) >= 11 is 5.99. The van der Waals surface area contributed by atoms with Gasteiger partial charge in [0, 0.05) is 44.3 Å². The zero-order valence-electron chi connectivity index (χ0n) is 10.7. The molecule has 1 saturated heterocycles. The highest BCUT2D eigenvalue weighted by Crippen LogP contribution is 2.27. The number of halogens is 1. The highest BCUT2D eigenvalue weighted by Gasteiger charge is 2.09. The van der Waals surface area contributed by atoms with Gasteiger partial charge in [0.15, 0.2) is 0 Å². The molecule has 100 valence electrons. The maximum Gasteiger partial charge on any atom is 0.142 e. The highest BCUT2D eigenvalue weighted by atomic mass is 35.5. The average molecular weight is 270 g/mol. The van der Waals surface area contributed by atoms with E-state index in [2.05, 4.69) is 15.5 Å². The van der Waals surface area contributed by atoms with E-state index >= 15 is 0 Å². The van der Waals surface area contributed by atoms with Gasteiger partial charge in [-0.15, -0.1) is 0 Å². The van der Waals surface area contributed by atoms with Crippen molar-refractivity contribution in [2.75, 3.05) is 51.7 Å². The second kappa shape index (κ2) is 6.83. The fraction of sp³-hybridized carbons (Fsp3) is 0.538. The molecule has 0 spiro atoms. The summed E-state index contributed by atoms with van der Waals surface area (Å²) < 4.78 is 5.30. The van der Waals surface area contributed by atoms with Crippen LogP contribution in [0.3, 0.4) is 0 Å². The lowest BCUT2D eigenvalue weighted by molar-refractivity contribution is 0.249. The lowest BCUT2D eigenvalue weighted by Crippen LogP contribution is -2.45. The molecule has 5 heteroatoms. The number of hydrogen-bond acceptors (Lipinski definition) is 4. The van der Waals surface area contributed by atoms with E-state index in [4.69, 9.17) is 16.3 Å². The molecule has 0 atom stereocenters. The Morgan fingerprint density at radius 3 is 2.89 bits per heavy atom. The Bertz CT molecular complexity index is 380. The van der Waals surface area contributed by atoms with Crippen molar-refractivity contribution in [3.05, 3.63) is 23.2 Å². The van der Waals surface area contributed by atoms with Crippen LogP contribution in [-0.2, 0) is 0 Å². The van der Waals surface area contributed by atoms with Gasteiger partial charge in [-0.2, -0.15) is 0 Å². The molecule has 2 N–H and O–H groups in total. The van der Waals surface area contributed by atoms with E-state index in [0.29, 0.717) is 0 Å². The number of benzene rings is 1. The van der Waals surface area contributed by atoms with Gasteiger partial charge >= 0.3 is 0 Å². The molecule has 0 amide bonds. The van der Waals surface area contributed by atoms with E-state index in [0.717, 1.165) is 55.7 Å². The molecule has 0 aromatic heterocycles. The molecule has 1 aromatic rings. The molecule has 0 unspecified atom stereocenters. The molecule has 0 saturated carbocycles. The van der Waals surface area contributed by atoms with Crippen LogP contribution in [0, 0.1) is 0 Å². The normalized spacial score (nSPS) is 16.6. The van der Waals surface area contributed by atoms with Gasteiger partial charge < -0.3 is 15.4 Å². The predicted molar refractivity (Wildman–Crippen MR) is 75.8 cm³/mol. The van der Waals surface area contributed by atoms with Gasteiger partial charge in [-0.1, -0.05) is 11.6 Å². The van der Waals surface area contributed by atoms with Crippen LogP contribution < -0.4 is 15.4 Å². The van der Waals surface area contributed by atoms with Crippen LogP contribution in [0.15, 0.2) is 18.2 Å². The number of methoxy groups -OCH3 is 1. The molecule has 1 aliphatic heterocycles. The minimum absolute atomic E-state index is 0.723. The Morgan fingerprint density at radius 2 is 2.17 bits per heavy atom. The Labute approximate surface area is 113 Å². The first-order chi connectivity index (χ1) is 8.79. The largest absolute Gasteiger partial charge is 0.495 e. The van der Waals surface area contributed by atoms with E-state index in [1.54, 1.807) is 7.11 Å². The summed E-state index contributed by atoms with van der Waals surface area (Å²) in [5.74, 6) is 0.833. The third-order valence-electron chi connectivity index (χ3n) is 3.11. The lowest BCUT2D eigenvalue weighted by atomic mass is 10.3. The first-order valence-electron chi connectivity index (χ1n) is 6.30. The summed E-state index contributed by atoms with van der Waals surface area (Å²) in [6.07, 6.45) is 0. The summed E-state index contributed by atoms with van der Waals surface area (Å²) in [5, 5.41) is 7.45. The van der Waals surface area contributed by atoms with Gasteiger partial charge in [-0.05, 0) is 18.2 Å². The van der Waals surface area contributed by atoms with Crippen LogP contribution in [0.1, 0.15) is 0 Å². The molecule has 2 rings (SSSR count). The summed E-state index contributed by atoms with van der Waals surface area (Å²) in [7, 11) is 1.67. The summed E-state index contributed by atoms with van der Waals surface area (Å²) in [6.45, 7) is 6.34. The third-order valence-corrected chi connectivity index (χ3v) is 3.35. The van der Waals surface area contributed by atoms with Crippen LogP contribution in [-0.4, -0.2) is 51.3 Å². The lowest BCUT2D eigenvalue weighted by Gasteiger charge is -2.27. The second-order valence-electron chi connectivity index (χ2n) is 4.36. The van der Waals surface area contributed by atoms with Crippen LogP contribution in [0.5, 0.6) is 5.75 Å². The molecule has 4 nitrogen and oxygen atoms in total. The molecular formula is C13H20ClN3O. The van der Waals surface area contributed by atoms with Gasteiger partial charge in [0.05, 0.1) is 12.8 Å². The number of nitrogens with one attached hydrogen (secondary N) is 2. The monoisotopic (exact) mass is 269 g/mol. The molecule has 1 aliphatic rings. The van der Waals surface area contributed by atoms with E-state index in [-0.39, 0.29) is 0 Å². The minimum Gasteiger partial charge on any atom is -0.495 e. The topological polar surface area (TPSA) is 36.5 Å². The number of nitrogens with zero attached hydrogens (tertiary/aromatic N) is 1. The van der Waals surface area contributed by atoms with Crippen molar-refractivity contribution in [3.63, 3.8) is 0 Å². The SMILES string of the molecule is COc1ccc(Cl)cc1NCCN1CCNCC1. The number of hydrogen-bond donors (Lipinski definition) is 2. The summed E-state index contributed by atoms with van der Waals surface area (Å²) in [4.78, 5) is 2.44.